The maximum atomic E-state index is 12.4. The molecule has 2 aromatic rings. The Labute approximate surface area is 135 Å². The quantitative estimate of drug-likeness (QED) is 0.757. The maximum absolute atomic E-state index is 12.4. The molecule has 1 heterocycles. The second kappa shape index (κ2) is 6.87. The Balaban J connectivity index is 2.13. The van der Waals surface area contributed by atoms with Gasteiger partial charge in [-0.15, -0.1) is 0 Å². The lowest BCUT2D eigenvalue weighted by Crippen LogP contribution is -2.36. The summed E-state index contributed by atoms with van der Waals surface area (Å²) in [6.45, 7) is 4.22. The molecule has 6 nitrogen and oxygen atoms in total. The molecule has 1 aromatic carbocycles. The first-order chi connectivity index (χ1) is 10.8. The number of nitrogens with zero attached hydrogens (tertiary/aromatic N) is 1. The number of rotatable bonds is 6. The molecule has 0 aliphatic rings. The minimum Gasteiger partial charge on any atom is -0.459 e. The Bertz CT molecular complexity index is 748. The Kier molecular flexibility index (Phi) is 5.10. The van der Waals surface area contributed by atoms with Gasteiger partial charge in [-0.05, 0) is 43.7 Å². The highest BCUT2D eigenvalue weighted by atomic mass is 32.2. The highest BCUT2D eigenvalue weighted by Gasteiger charge is 2.21. The molecule has 0 bridgehead atoms. The first-order valence-electron chi connectivity index (χ1n) is 7.09. The zero-order valence-electron chi connectivity index (χ0n) is 13.2. The van der Waals surface area contributed by atoms with E-state index < -0.39 is 10.1 Å². The molecule has 0 radical (unpaired) electrons. The molecule has 0 N–H and O–H groups in total. The van der Waals surface area contributed by atoms with E-state index in [0.717, 1.165) is 11.8 Å². The predicted octanol–water partition coefficient (Wildman–Crippen LogP) is 2.67. The third-order valence-electron chi connectivity index (χ3n) is 3.14. The summed E-state index contributed by atoms with van der Waals surface area (Å²) in [6, 6.07) is 9.86. The molecule has 0 saturated carbocycles. The second-order valence-electron chi connectivity index (χ2n) is 5.44. The van der Waals surface area contributed by atoms with Crippen LogP contribution in [0.1, 0.15) is 30.0 Å². The van der Waals surface area contributed by atoms with Gasteiger partial charge in [-0.3, -0.25) is 4.79 Å². The van der Waals surface area contributed by atoms with Crippen LogP contribution < -0.4 is 4.18 Å². The number of carbonyl (C=O) groups excluding carboxylic acids is 1. The van der Waals surface area contributed by atoms with Gasteiger partial charge >= 0.3 is 10.1 Å². The van der Waals surface area contributed by atoms with Crippen LogP contribution in [-0.2, 0) is 16.7 Å². The lowest BCUT2D eigenvalue weighted by Gasteiger charge is -2.26. The van der Waals surface area contributed by atoms with Crippen molar-refractivity contribution in [1.82, 2.24) is 4.90 Å². The summed E-state index contributed by atoms with van der Waals surface area (Å²) in [6.07, 6.45) is 2.45. The molecule has 23 heavy (non-hydrogen) atoms. The van der Waals surface area contributed by atoms with Crippen LogP contribution >= 0.6 is 0 Å². The molecule has 0 unspecified atom stereocenters. The van der Waals surface area contributed by atoms with Crippen molar-refractivity contribution in [3.8, 4) is 5.75 Å². The minimum atomic E-state index is -3.55. The lowest BCUT2D eigenvalue weighted by atomic mass is 10.1. The average Bonchev–Trinajstić information content (AvgIpc) is 2.98. The van der Waals surface area contributed by atoms with Crippen LogP contribution in [0.15, 0.2) is 47.1 Å². The SMILES string of the molecule is CC(C)N(Cc1ccc(OS(C)(=O)=O)cc1)C(=O)c1ccco1. The third kappa shape index (κ3) is 4.85. The minimum absolute atomic E-state index is 0.0143. The molecule has 0 aliphatic heterocycles. The van der Waals surface area contributed by atoms with Crippen molar-refractivity contribution in [3.05, 3.63) is 54.0 Å². The van der Waals surface area contributed by atoms with Crippen LogP contribution in [0.4, 0.5) is 0 Å². The molecule has 1 amide bonds. The van der Waals surface area contributed by atoms with Crippen LogP contribution in [0, 0.1) is 0 Å². The fraction of sp³-hybridized carbons (Fsp3) is 0.312. The van der Waals surface area contributed by atoms with Gasteiger partial charge in [0.1, 0.15) is 5.75 Å². The van der Waals surface area contributed by atoms with Crippen molar-refractivity contribution in [1.29, 1.82) is 0 Å². The molecule has 1 aromatic heterocycles. The third-order valence-corrected chi connectivity index (χ3v) is 3.64. The van der Waals surface area contributed by atoms with Crippen molar-refractivity contribution in [2.45, 2.75) is 26.4 Å². The van der Waals surface area contributed by atoms with E-state index in [1.54, 1.807) is 41.3 Å². The van der Waals surface area contributed by atoms with Crippen molar-refractivity contribution in [3.63, 3.8) is 0 Å². The van der Waals surface area contributed by atoms with E-state index >= 15 is 0 Å². The molecule has 7 heteroatoms. The fourth-order valence-electron chi connectivity index (χ4n) is 2.05. The second-order valence-corrected chi connectivity index (χ2v) is 7.01. The summed E-state index contributed by atoms with van der Waals surface area (Å²) in [4.78, 5) is 14.1. The molecular weight excluding hydrogens is 318 g/mol. The Morgan fingerprint density at radius 1 is 1.22 bits per heavy atom. The van der Waals surface area contributed by atoms with Crippen molar-refractivity contribution >= 4 is 16.0 Å². The van der Waals surface area contributed by atoms with Crippen LogP contribution in [0.3, 0.4) is 0 Å². The number of furan rings is 1. The van der Waals surface area contributed by atoms with Crippen LogP contribution in [0.5, 0.6) is 5.75 Å². The van der Waals surface area contributed by atoms with Gasteiger partial charge in [0.25, 0.3) is 5.91 Å². The number of hydrogen-bond donors (Lipinski definition) is 0. The Hall–Kier alpha value is -2.28. The topological polar surface area (TPSA) is 76.8 Å². The molecule has 2 rings (SSSR count). The summed E-state index contributed by atoms with van der Waals surface area (Å²) >= 11 is 0. The highest BCUT2D eigenvalue weighted by molar-refractivity contribution is 7.86. The molecule has 0 fully saturated rings. The molecule has 0 spiro atoms. The van der Waals surface area contributed by atoms with Gasteiger partial charge < -0.3 is 13.5 Å². The van der Waals surface area contributed by atoms with Crippen molar-refractivity contribution in [2.24, 2.45) is 0 Å². The van der Waals surface area contributed by atoms with Gasteiger partial charge in [-0.1, -0.05) is 12.1 Å². The van der Waals surface area contributed by atoms with E-state index in [1.807, 2.05) is 13.8 Å². The molecular formula is C16H19NO5S. The van der Waals surface area contributed by atoms with Crippen LogP contribution in [-0.4, -0.2) is 31.5 Å². The first kappa shape index (κ1) is 17.1. The largest absolute Gasteiger partial charge is 0.459 e. The standard InChI is InChI=1S/C16H19NO5S/c1-12(2)17(16(18)15-5-4-10-21-15)11-13-6-8-14(9-7-13)22-23(3,19)20/h4-10,12H,11H2,1-3H3. The van der Waals surface area contributed by atoms with E-state index in [2.05, 4.69) is 0 Å². The Morgan fingerprint density at radius 2 is 1.87 bits per heavy atom. The number of amides is 1. The fourth-order valence-corrected chi connectivity index (χ4v) is 2.51. The summed E-state index contributed by atoms with van der Waals surface area (Å²) in [7, 11) is -3.55. The molecule has 124 valence electrons. The summed E-state index contributed by atoms with van der Waals surface area (Å²) in [5, 5.41) is 0. The molecule has 0 saturated heterocycles. The number of benzene rings is 1. The van der Waals surface area contributed by atoms with Gasteiger partial charge in [-0.2, -0.15) is 8.42 Å². The van der Waals surface area contributed by atoms with Gasteiger partial charge in [0.05, 0.1) is 12.5 Å². The zero-order valence-corrected chi connectivity index (χ0v) is 14.0. The van der Waals surface area contributed by atoms with Crippen molar-refractivity contribution in [2.75, 3.05) is 6.26 Å². The van der Waals surface area contributed by atoms with Gasteiger partial charge in [-0.25, -0.2) is 0 Å². The summed E-state index contributed by atoms with van der Waals surface area (Å²) in [5.74, 6) is 0.335. The smallest absolute Gasteiger partial charge is 0.306 e. The van der Waals surface area contributed by atoms with Crippen LogP contribution in [0.2, 0.25) is 0 Å². The lowest BCUT2D eigenvalue weighted by molar-refractivity contribution is 0.0657. The zero-order chi connectivity index (χ0) is 17.0. The van der Waals surface area contributed by atoms with Gasteiger partial charge in [0.2, 0.25) is 0 Å². The highest BCUT2D eigenvalue weighted by Crippen LogP contribution is 2.18. The monoisotopic (exact) mass is 337 g/mol. The van der Waals surface area contributed by atoms with E-state index in [4.69, 9.17) is 8.60 Å². The summed E-state index contributed by atoms with van der Waals surface area (Å²) < 4.78 is 32.1. The van der Waals surface area contributed by atoms with Gasteiger partial charge in [0.15, 0.2) is 5.76 Å². The number of hydrogen-bond acceptors (Lipinski definition) is 5. The predicted molar refractivity (Wildman–Crippen MR) is 85.6 cm³/mol. The van der Waals surface area contributed by atoms with Gasteiger partial charge in [0, 0.05) is 12.6 Å². The number of carbonyl (C=O) groups is 1. The van der Waals surface area contributed by atoms with Crippen molar-refractivity contribution < 1.29 is 21.8 Å². The Morgan fingerprint density at radius 3 is 2.35 bits per heavy atom. The maximum Gasteiger partial charge on any atom is 0.306 e. The van der Waals surface area contributed by atoms with E-state index in [0.29, 0.717) is 6.54 Å². The average molecular weight is 337 g/mol. The first-order valence-corrected chi connectivity index (χ1v) is 8.91. The summed E-state index contributed by atoms with van der Waals surface area (Å²) in [5.41, 5.74) is 0.861. The van der Waals surface area contributed by atoms with E-state index in [-0.39, 0.29) is 23.5 Å². The molecule has 0 aliphatic carbocycles. The molecule has 0 atom stereocenters. The van der Waals surface area contributed by atoms with E-state index in [9.17, 15) is 13.2 Å². The van der Waals surface area contributed by atoms with Crippen LogP contribution in [0.25, 0.3) is 0 Å². The normalized spacial score (nSPS) is 11.5. The van der Waals surface area contributed by atoms with E-state index in [1.165, 1.54) is 6.26 Å².